The Balaban J connectivity index is 1.64. The molecule has 12 heteroatoms. The van der Waals surface area contributed by atoms with E-state index in [1.54, 1.807) is 0 Å². The first-order chi connectivity index (χ1) is 12.0. The number of halogens is 5. The highest BCUT2D eigenvalue weighted by atomic mass is 19.4. The lowest BCUT2D eigenvalue weighted by Gasteiger charge is -2.16. The highest BCUT2D eigenvalue weighted by Crippen LogP contribution is 2.68. The molecule has 1 aliphatic heterocycles. The van der Waals surface area contributed by atoms with Crippen molar-refractivity contribution in [3.05, 3.63) is 17.0 Å². The van der Waals surface area contributed by atoms with Gasteiger partial charge in [0.15, 0.2) is 5.69 Å². The second-order valence-electron chi connectivity index (χ2n) is 6.38. The van der Waals surface area contributed by atoms with Crippen molar-refractivity contribution in [2.75, 3.05) is 0 Å². The predicted molar refractivity (Wildman–Crippen MR) is 69.2 cm³/mol. The van der Waals surface area contributed by atoms with Crippen molar-refractivity contribution in [3.63, 3.8) is 0 Å². The Morgan fingerprint density at radius 2 is 1.85 bits per heavy atom. The Bertz CT molecular complexity index is 830. The molecule has 2 aliphatic carbocycles. The fourth-order valence-corrected chi connectivity index (χ4v) is 3.50. The van der Waals surface area contributed by atoms with Gasteiger partial charge in [0, 0.05) is 24.3 Å². The molecular formula is C14H10F5N3O4. The van der Waals surface area contributed by atoms with E-state index in [2.05, 4.69) is 9.94 Å². The molecule has 140 valence electrons. The topological polar surface area (TPSA) is 81.5 Å². The minimum absolute atomic E-state index is 0.0734. The molecule has 0 spiro atoms. The van der Waals surface area contributed by atoms with E-state index in [-0.39, 0.29) is 29.0 Å². The van der Waals surface area contributed by atoms with Gasteiger partial charge in [-0.05, 0) is 12.3 Å². The van der Waals surface area contributed by atoms with Crippen molar-refractivity contribution in [1.29, 1.82) is 0 Å². The number of carbonyl (C=O) groups excluding carboxylic acids is 3. The zero-order valence-electron chi connectivity index (χ0n) is 12.8. The first kappa shape index (κ1) is 16.9. The molecule has 2 amide bonds. The van der Waals surface area contributed by atoms with Gasteiger partial charge in [-0.2, -0.15) is 27.1 Å². The highest BCUT2D eigenvalue weighted by Gasteiger charge is 2.68. The minimum Gasteiger partial charge on any atom is -0.328 e. The summed E-state index contributed by atoms with van der Waals surface area (Å²) in [6, 6.07) is 0. The van der Waals surface area contributed by atoms with E-state index in [0.717, 1.165) is 0 Å². The Hall–Kier alpha value is -2.53. The van der Waals surface area contributed by atoms with Crippen molar-refractivity contribution < 1.29 is 41.2 Å². The fraction of sp³-hybridized carbons (Fsp3) is 0.571. The van der Waals surface area contributed by atoms with Crippen LogP contribution in [0.15, 0.2) is 0 Å². The normalized spacial score (nSPS) is 26.1. The second-order valence-corrected chi connectivity index (χ2v) is 6.38. The van der Waals surface area contributed by atoms with Crippen molar-refractivity contribution in [2.45, 2.75) is 43.8 Å². The lowest BCUT2D eigenvalue weighted by molar-refractivity contribution is -0.198. The zero-order chi connectivity index (χ0) is 19.0. The number of hydrogen-bond acceptors (Lipinski definition) is 5. The van der Waals surface area contributed by atoms with Crippen LogP contribution in [-0.2, 0) is 37.9 Å². The number of alkyl halides is 5. The number of hydroxylamine groups is 2. The van der Waals surface area contributed by atoms with Crippen LogP contribution in [0.1, 0.15) is 42.1 Å². The predicted octanol–water partition coefficient (Wildman–Crippen LogP) is 1.72. The van der Waals surface area contributed by atoms with Gasteiger partial charge in [-0.15, -0.1) is 5.06 Å². The fourth-order valence-electron chi connectivity index (χ4n) is 3.50. The van der Waals surface area contributed by atoms with E-state index in [4.69, 9.17) is 0 Å². The summed E-state index contributed by atoms with van der Waals surface area (Å²) in [6.07, 6.45) is -5.38. The van der Waals surface area contributed by atoms with Gasteiger partial charge in [-0.1, -0.05) is 0 Å². The van der Waals surface area contributed by atoms with Crippen molar-refractivity contribution in [1.82, 2.24) is 14.8 Å². The number of carbonyl (C=O) groups is 3. The van der Waals surface area contributed by atoms with E-state index in [1.807, 2.05) is 0 Å². The first-order valence-electron chi connectivity index (χ1n) is 7.64. The summed E-state index contributed by atoms with van der Waals surface area (Å²) in [4.78, 5) is 39.1. The maximum atomic E-state index is 14.3. The average Bonchev–Trinajstić information content (AvgIpc) is 3.08. The molecule has 4 rings (SSSR count). The van der Waals surface area contributed by atoms with Crippen LogP contribution in [0.25, 0.3) is 0 Å². The Morgan fingerprint density at radius 3 is 2.42 bits per heavy atom. The van der Waals surface area contributed by atoms with Crippen LogP contribution in [0.2, 0.25) is 0 Å². The quantitative estimate of drug-likeness (QED) is 0.590. The SMILES string of the molecule is O=C(Cn1nc(C(F)(F)F)c2c1C(F)(F)[C@@H]1C[C@H]21)ON1C(=O)CCC1=O. The van der Waals surface area contributed by atoms with Crippen LogP contribution < -0.4 is 0 Å². The summed E-state index contributed by atoms with van der Waals surface area (Å²) in [5.74, 6) is -8.66. The van der Waals surface area contributed by atoms with Crippen LogP contribution in [0.5, 0.6) is 0 Å². The van der Waals surface area contributed by atoms with Crippen molar-refractivity contribution >= 4 is 17.8 Å². The molecule has 2 fully saturated rings. The molecule has 0 radical (unpaired) electrons. The molecule has 0 unspecified atom stereocenters. The molecule has 26 heavy (non-hydrogen) atoms. The van der Waals surface area contributed by atoms with Crippen LogP contribution in [0, 0.1) is 5.92 Å². The number of nitrogens with zero attached hydrogens (tertiary/aromatic N) is 3. The minimum atomic E-state index is -4.95. The molecule has 2 atom stereocenters. The summed E-state index contributed by atoms with van der Waals surface area (Å²) in [5.41, 5.74) is -2.99. The Morgan fingerprint density at radius 1 is 1.23 bits per heavy atom. The summed E-state index contributed by atoms with van der Waals surface area (Å²) >= 11 is 0. The number of aromatic nitrogens is 2. The monoisotopic (exact) mass is 379 g/mol. The van der Waals surface area contributed by atoms with Crippen molar-refractivity contribution in [3.8, 4) is 0 Å². The molecule has 1 aromatic heterocycles. The van der Waals surface area contributed by atoms with Gasteiger partial charge in [-0.3, -0.25) is 14.3 Å². The number of amides is 2. The summed E-state index contributed by atoms with van der Waals surface area (Å²) in [6.45, 7) is -1.08. The average molecular weight is 379 g/mol. The molecule has 0 bridgehead atoms. The maximum absolute atomic E-state index is 14.3. The van der Waals surface area contributed by atoms with Crippen LogP contribution in [-0.4, -0.2) is 32.6 Å². The van der Waals surface area contributed by atoms with Gasteiger partial charge in [0.2, 0.25) is 0 Å². The molecule has 0 aromatic carbocycles. The van der Waals surface area contributed by atoms with E-state index in [9.17, 15) is 36.3 Å². The molecular weight excluding hydrogens is 369 g/mol. The van der Waals surface area contributed by atoms with Gasteiger partial charge < -0.3 is 4.84 Å². The Kier molecular flexibility index (Phi) is 3.26. The third kappa shape index (κ3) is 2.31. The van der Waals surface area contributed by atoms with E-state index in [1.165, 1.54) is 0 Å². The number of rotatable bonds is 3. The lowest BCUT2D eigenvalue weighted by atomic mass is 10.1. The van der Waals surface area contributed by atoms with Gasteiger partial charge in [-0.25, -0.2) is 4.79 Å². The molecule has 1 saturated heterocycles. The van der Waals surface area contributed by atoms with Gasteiger partial charge >= 0.3 is 12.1 Å². The van der Waals surface area contributed by atoms with Crippen LogP contribution in [0.4, 0.5) is 22.0 Å². The van der Waals surface area contributed by atoms with Crippen molar-refractivity contribution in [2.24, 2.45) is 5.92 Å². The summed E-state index contributed by atoms with van der Waals surface area (Å²) < 4.78 is 68.3. The molecule has 0 N–H and O–H groups in total. The van der Waals surface area contributed by atoms with Gasteiger partial charge in [0.25, 0.3) is 17.7 Å². The second kappa shape index (κ2) is 5.01. The van der Waals surface area contributed by atoms with Gasteiger partial charge in [0.05, 0.1) is 0 Å². The van der Waals surface area contributed by atoms with E-state index >= 15 is 0 Å². The lowest BCUT2D eigenvalue weighted by Crippen LogP contribution is -2.34. The molecule has 7 nitrogen and oxygen atoms in total. The van der Waals surface area contributed by atoms with Crippen LogP contribution in [0.3, 0.4) is 0 Å². The molecule has 3 aliphatic rings. The number of hydrogen-bond donors (Lipinski definition) is 0. The maximum Gasteiger partial charge on any atom is 0.435 e. The van der Waals surface area contributed by atoms with E-state index < -0.39 is 65.2 Å². The standard InChI is InChI=1S/C14H10F5N3O4/c15-13(16)6-3-5(6)10-11(14(17,18)19)20-21(12(10)13)4-9(25)26-22-7(23)1-2-8(22)24/h5-6H,1-4H2/t5-,6+/m0/s1. The zero-order valence-corrected chi connectivity index (χ0v) is 12.8. The largest absolute Gasteiger partial charge is 0.435 e. The molecule has 1 saturated carbocycles. The van der Waals surface area contributed by atoms with E-state index in [0.29, 0.717) is 0 Å². The first-order valence-corrected chi connectivity index (χ1v) is 7.64. The third-order valence-corrected chi connectivity index (χ3v) is 4.68. The number of fused-ring (bicyclic) bond motifs is 3. The highest BCUT2D eigenvalue weighted by molar-refractivity contribution is 6.01. The third-order valence-electron chi connectivity index (χ3n) is 4.68. The number of imide groups is 1. The molecule has 1 aromatic rings. The van der Waals surface area contributed by atoms with Crippen LogP contribution >= 0.6 is 0 Å². The summed E-state index contributed by atoms with van der Waals surface area (Å²) in [5, 5.41) is 3.34. The molecule has 2 heterocycles. The summed E-state index contributed by atoms with van der Waals surface area (Å²) in [7, 11) is 0. The Labute approximate surface area is 141 Å². The smallest absolute Gasteiger partial charge is 0.328 e. The van der Waals surface area contributed by atoms with Gasteiger partial charge in [0.1, 0.15) is 12.2 Å².